The Kier molecular flexibility index (Phi) is 9.66. The highest BCUT2D eigenvalue weighted by Gasteiger charge is 2.17. The third kappa shape index (κ3) is 8.30. The summed E-state index contributed by atoms with van der Waals surface area (Å²) in [5, 5.41) is 8.04. The fourth-order valence-corrected chi connectivity index (χ4v) is 3.53. The van der Waals surface area contributed by atoms with E-state index in [0.29, 0.717) is 22.6 Å². The Morgan fingerprint density at radius 3 is 1.21 bits per heavy atom. The molecule has 10 nitrogen and oxygen atoms in total. The standard InChI is InChI=1S/C32H24N2O8/c1-21(35)39-29-9-5-3-7-27(29)31(37)41-25-15-11-23(12-16-25)19-33-34-20-24-13-17-26(18-14-24)42-32(38)28-8-4-6-10-30(28)40-22(2)36/h3-20H,1-2H3/b33-19+,34-20+. The van der Waals surface area contributed by atoms with Crippen LogP contribution in [-0.4, -0.2) is 36.3 Å². The van der Waals surface area contributed by atoms with E-state index >= 15 is 0 Å². The number of benzene rings is 4. The van der Waals surface area contributed by atoms with Gasteiger partial charge in [0.1, 0.15) is 34.1 Å². The summed E-state index contributed by atoms with van der Waals surface area (Å²) < 4.78 is 20.9. The largest absolute Gasteiger partial charge is 0.426 e. The summed E-state index contributed by atoms with van der Waals surface area (Å²) in [5.41, 5.74) is 1.68. The Morgan fingerprint density at radius 1 is 0.500 bits per heavy atom. The van der Waals surface area contributed by atoms with Crippen molar-refractivity contribution in [2.45, 2.75) is 13.8 Å². The molecule has 4 aromatic rings. The lowest BCUT2D eigenvalue weighted by Gasteiger charge is -2.08. The van der Waals surface area contributed by atoms with Crippen LogP contribution in [-0.2, 0) is 9.59 Å². The van der Waals surface area contributed by atoms with Gasteiger partial charge in [-0.05, 0) is 83.9 Å². The number of carbonyl (C=O) groups excluding carboxylic acids is 4. The van der Waals surface area contributed by atoms with Crippen LogP contribution >= 0.6 is 0 Å². The molecule has 0 saturated heterocycles. The first-order valence-corrected chi connectivity index (χ1v) is 12.5. The minimum absolute atomic E-state index is 0.120. The molecule has 0 aliphatic rings. The number of hydrogen-bond acceptors (Lipinski definition) is 10. The lowest BCUT2D eigenvalue weighted by molar-refractivity contribution is -0.132. The number of rotatable bonds is 9. The van der Waals surface area contributed by atoms with Crippen molar-refractivity contribution in [2.75, 3.05) is 0 Å². The molecule has 0 aliphatic carbocycles. The number of carbonyl (C=O) groups is 4. The molecule has 0 atom stereocenters. The first kappa shape index (κ1) is 29.1. The highest BCUT2D eigenvalue weighted by atomic mass is 16.6. The maximum Gasteiger partial charge on any atom is 0.347 e. The summed E-state index contributed by atoms with van der Waals surface area (Å²) in [6, 6.07) is 25.8. The second-order valence-corrected chi connectivity index (χ2v) is 8.59. The molecule has 4 aromatic carbocycles. The lowest BCUT2D eigenvalue weighted by Crippen LogP contribution is -2.12. The Hall–Kier alpha value is -5.90. The molecule has 4 rings (SSSR count). The number of nitrogens with zero attached hydrogens (tertiary/aromatic N) is 2. The van der Waals surface area contributed by atoms with E-state index in [0.717, 1.165) is 0 Å². The Morgan fingerprint density at radius 2 is 0.857 bits per heavy atom. The van der Waals surface area contributed by atoms with Gasteiger partial charge >= 0.3 is 23.9 Å². The SMILES string of the molecule is CC(=O)Oc1ccccc1C(=O)Oc1ccc(/C=N/N=C/c2ccc(OC(=O)c3ccccc3OC(C)=O)cc2)cc1. The smallest absolute Gasteiger partial charge is 0.347 e. The third-order valence-electron chi connectivity index (χ3n) is 5.38. The Bertz CT molecular complexity index is 1530. The van der Waals surface area contributed by atoms with E-state index in [1.165, 1.54) is 50.5 Å². The van der Waals surface area contributed by atoms with Gasteiger partial charge in [0.05, 0.1) is 12.4 Å². The van der Waals surface area contributed by atoms with Crippen molar-refractivity contribution >= 4 is 36.3 Å². The van der Waals surface area contributed by atoms with Crippen LogP contribution in [0.2, 0.25) is 0 Å². The van der Waals surface area contributed by atoms with Crippen molar-refractivity contribution < 1.29 is 38.1 Å². The average Bonchev–Trinajstić information content (AvgIpc) is 2.97. The van der Waals surface area contributed by atoms with E-state index in [-0.39, 0.29) is 22.6 Å². The molecular formula is C32H24N2O8. The number of ether oxygens (including phenoxy) is 4. The van der Waals surface area contributed by atoms with Gasteiger partial charge in [-0.15, -0.1) is 0 Å². The molecule has 0 aliphatic heterocycles. The zero-order chi connectivity index (χ0) is 29.9. The van der Waals surface area contributed by atoms with Crippen molar-refractivity contribution in [1.82, 2.24) is 0 Å². The fourth-order valence-electron chi connectivity index (χ4n) is 3.53. The van der Waals surface area contributed by atoms with E-state index in [2.05, 4.69) is 10.2 Å². The van der Waals surface area contributed by atoms with Crippen molar-refractivity contribution in [2.24, 2.45) is 10.2 Å². The van der Waals surface area contributed by atoms with E-state index in [9.17, 15) is 19.2 Å². The molecule has 0 amide bonds. The van der Waals surface area contributed by atoms with Gasteiger partial charge in [0.15, 0.2) is 0 Å². The Balaban J connectivity index is 1.30. The van der Waals surface area contributed by atoms with E-state index in [1.807, 2.05) is 0 Å². The second kappa shape index (κ2) is 13.9. The van der Waals surface area contributed by atoms with Crippen molar-refractivity contribution in [3.63, 3.8) is 0 Å². The van der Waals surface area contributed by atoms with Gasteiger partial charge in [0.25, 0.3) is 0 Å². The van der Waals surface area contributed by atoms with Crippen LogP contribution < -0.4 is 18.9 Å². The molecule has 0 saturated carbocycles. The predicted octanol–water partition coefficient (Wildman–Crippen LogP) is 5.43. The molecule has 0 spiro atoms. The van der Waals surface area contributed by atoms with Gasteiger partial charge in [0.2, 0.25) is 0 Å². The molecule has 42 heavy (non-hydrogen) atoms. The summed E-state index contributed by atoms with van der Waals surface area (Å²) in [6.45, 7) is 2.50. The predicted molar refractivity (Wildman–Crippen MR) is 153 cm³/mol. The molecule has 0 radical (unpaired) electrons. The molecular weight excluding hydrogens is 540 g/mol. The van der Waals surface area contributed by atoms with E-state index in [4.69, 9.17) is 18.9 Å². The molecule has 0 heterocycles. The number of hydrogen-bond donors (Lipinski definition) is 0. The van der Waals surface area contributed by atoms with Gasteiger partial charge < -0.3 is 18.9 Å². The normalized spacial score (nSPS) is 10.8. The minimum atomic E-state index is -0.662. The zero-order valence-electron chi connectivity index (χ0n) is 22.6. The van der Waals surface area contributed by atoms with E-state index in [1.54, 1.807) is 72.8 Å². The zero-order valence-corrected chi connectivity index (χ0v) is 22.6. The molecule has 0 aromatic heterocycles. The molecule has 0 unspecified atom stereocenters. The van der Waals surface area contributed by atoms with Gasteiger partial charge in [-0.3, -0.25) is 9.59 Å². The highest BCUT2D eigenvalue weighted by Crippen LogP contribution is 2.22. The summed E-state index contributed by atoms with van der Waals surface area (Å²) in [4.78, 5) is 47.6. The summed E-state index contributed by atoms with van der Waals surface area (Å²) in [5.74, 6) is -1.57. The number of esters is 4. The van der Waals surface area contributed by atoms with Crippen LogP contribution in [0.3, 0.4) is 0 Å². The molecule has 0 bridgehead atoms. The molecule has 0 N–H and O–H groups in total. The van der Waals surface area contributed by atoms with Gasteiger partial charge in [-0.2, -0.15) is 10.2 Å². The molecule has 10 heteroatoms. The van der Waals surface area contributed by atoms with Crippen LogP contribution in [0, 0.1) is 0 Å². The molecule has 210 valence electrons. The lowest BCUT2D eigenvalue weighted by atomic mass is 10.2. The first-order chi connectivity index (χ1) is 20.3. The topological polar surface area (TPSA) is 130 Å². The van der Waals surface area contributed by atoms with Crippen molar-refractivity contribution in [1.29, 1.82) is 0 Å². The minimum Gasteiger partial charge on any atom is -0.426 e. The maximum atomic E-state index is 12.5. The van der Waals surface area contributed by atoms with Gasteiger partial charge in [0, 0.05) is 13.8 Å². The quantitative estimate of drug-likeness (QED) is 0.114. The average molecular weight is 565 g/mol. The third-order valence-corrected chi connectivity index (χ3v) is 5.38. The van der Waals surface area contributed by atoms with Crippen molar-refractivity contribution in [3.8, 4) is 23.0 Å². The van der Waals surface area contributed by atoms with Crippen LogP contribution in [0.5, 0.6) is 23.0 Å². The van der Waals surface area contributed by atoms with Gasteiger partial charge in [-0.1, -0.05) is 24.3 Å². The van der Waals surface area contributed by atoms with Crippen LogP contribution in [0.15, 0.2) is 107 Å². The van der Waals surface area contributed by atoms with Crippen LogP contribution in [0.1, 0.15) is 45.7 Å². The fraction of sp³-hybridized carbons (Fsp3) is 0.0625. The maximum absolute atomic E-state index is 12.5. The number of para-hydroxylation sites is 2. The highest BCUT2D eigenvalue weighted by molar-refractivity contribution is 5.95. The summed E-state index contributed by atoms with van der Waals surface area (Å²) >= 11 is 0. The van der Waals surface area contributed by atoms with E-state index < -0.39 is 23.9 Å². The van der Waals surface area contributed by atoms with Crippen LogP contribution in [0.4, 0.5) is 0 Å². The summed E-state index contributed by atoms with van der Waals surface area (Å²) in [7, 11) is 0. The molecule has 0 fully saturated rings. The van der Waals surface area contributed by atoms with Crippen molar-refractivity contribution in [3.05, 3.63) is 119 Å². The second-order valence-electron chi connectivity index (χ2n) is 8.59. The summed E-state index contributed by atoms with van der Waals surface area (Å²) in [6.07, 6.45) is 3.05. The van der Waals surface area contributed by atoms with Gasteiger partial charge in [-0.25, -0.2) is 9.59 Å². The monoisotopic (exact) mass is 564 g/mol. The van der Waals surface area contributed by atoms with Crippen LogP contribution in [0.25, 0.3) is 0 Å². The Labute approximate surface area is 240 Å². The first-order valence-electron chi connectivity index (χ1n) is 12.5.